The van der Waals surface area contributed by atoms with Gasteiger partial charge in [-0.15, -0.1) is 0 Å². The molecule has 0 radical (unpaired) electrons. The van der Waals surface area contributed by atoms with Gasteiger partial charge in [0.2, 0.25) is 0 Å². The van der Waals surface area contributed by atoms with Gasteiger partial charge in [-0.3, -0.25) is 0 Å². The molecule has 0 heterocycles. The summed E-state index contributed by atoms with van der Waals surface area (Å²) in [6.07, 6.45) is 2.52. The molecule has 0 spiro atoms. The van der Waals surface area contributed by atoms with Gasteiger partial charge in [-0.05, 0) is 31.0 Å². The highest BCUT2D eigenvalue weighted by atomic mass is 79.9. The summed E-state index contributed by atoms with van der Waals surface area (Å²) in [6.45, 7) is 4.28. The van der Waals surface area contributed by atoms with Crippen molar-refractivity contribution in [1.82, 2.24) is 4.90 Å². The van der Waals surface area contributed by atoms with E-state index in [0.29, 0.717) is 0 Å². The zero-order chi connectivity index (χ0) is 12.7. The Morgan fingerprint density at radius 1 is 1.35 bits per heavy atom. The molecule has 0 aliphatic carbocycles. The average Bonchev–Trinajstić information content (AvgIpc) is 2.31. The summed E-state index contributed by atoms with van der Waals surface area (Å²) in [7, 11) is 2.16. The predicted molar refractivity (Wildman–Crippen MR) is 80.0 cm³/mol. The van der Waals surface area contributed by atoms with Crippen LogP contribution in [0.15, 0.2) is 24.3 Å². The van der Waals surface area contributed by atoms with E-state index in [-0.39, 0.29) is 0 Å². The lowest BCUT2D eigenvalue weighted by Gasteiger charge is -2.22. The van der Waals surface area contributed by atoms with Crippen LogP contribution in [0.1, 0.15) is 25.3 Å². The molecule has 0 saturated heterocycles. The van der Waals surface area contributed by atoms with Crippen molar-refractivity contribution in [3.8, 4) is 0 Å². The Hall–Kier alpha value is -0.0500. The monoisotopic (exact) mass is 317 g/mol. The highest BCUT2D eigenvalue weighted by Gasteiger charge is 2.10. The second-order valence-electron chi connectivity index (χ2n) is 4.60. The van der Waals surface area contributed by atoms with Crippen LogP contribution in [0, 0.1) is 5.92 Å². The smallest absolute Gasteiger partial charge is 0.0451 e. The molecule has 0 saturated carbocycles. The number of halogens is 2. The number of hydrogen-bond donors (Lipinski definition) is 0. The van der Waals surface area contributed by atoms with Crippen LogP contribution in [0.3, 0.4) is 0 Å². The van der Waals surface area contributed by atoms with Crippen LogP contribution in [0.25, 0.3) is 0 Å². The van der Waals surface area contributed by atoms with Gasteiger partial charge < -0.3 is 4.90 Å². The first-order chi connectivity index (χ1) is 8.17. The number of hydrogen-bond acceptors (Lipinski definition) is 1. The number of nitrogens with zero attached hydrogens (tertiary/aromatic N) is 1. The Labute approximate surface area is 118 Å². The molecule has 1 aromatic carbocycles. The van der Waals surface area contributed by atoms with Crippen molar-refractivity contribution in [2.24, 2.45) is 5.92 Å². The van der Waals surface area contributed by atoms with E-state index < -0.39 is 0 Å². The van der Waals surface area contributed by atoms with Crippen molar-refractivity contribution >= 4 is 27.5 Å². The van der Waals surface area contributed by atoms with E-state index in [2.05, 4.69) is 40.9 Å². The fraction of sp³-hybridized carbons (Fsp3) is 0.571. The average molecular weight is 319 g/mol. The third-order valence-electron chi connectivity index (χ3n) is 2.88. The molecule has 1 rings (SSSR count). The normalized spacial score (nSPS) is 13.0. The SMILES string of the molecule is CCCC(CBr)CN(C)Cc1ccccc1Cl. The van der Waals surface area contributed by atoms with E-state index in [9.17, 15) is 0 Å². The van der Waals surface area contributed by atoms with E-state index in [4.69, 9.17) is 11.6 Å². The van der Waals surface area contributed by atoms with Gasteiger partial charge >= 0.3 is 0 Å². The first-order valence-electron chi connectivity index (χ1n) is 6.15. The first kappa shape index (κ1) is 15.0. The Kier molecular flexibility index (Phi) is 7.17. The lowest BCUT2D eigenvalue weighted by Crippen LogP contribution is -2.26. The molecule has 0 bridgehead atoms. The molecule has 1 atom stereocenters. The minimum atomic E-state index is 0.729. The van der Waals surface area contributed by atoms with Crippen molar-refractivity contribution in [2.75, 3.05) is 18.9 Å². The van der Waals surface area contributed by atoms with Crippen LogP contribution in [-0.2, 0) is 6.54 Å². The highest BCUT2D eigenvalue weighted by molar-refractivity contribution is 9.09. The van der Waals surface area contributed by atoms with Gasteiger partial charge in [0, 0.05) is 23.4 Å². The Morgan fingerprint density at radius 2 is 2.06 bits per heavy atom. The molecule has 17 heavy (non-hydrogen) atoms. The molecular weight excluding hydrogens is 298 g/mol. The minimum absolute atomic E-state index is 0.729. The maximum atomic E-state index is 6.16. The van der Waals surface area contributed by atoms with Crippen molar-refractivity contribution in [3.05, 3.63) is 34.9 Å². The van der Waals surface area contributed by atoms with Crippen LogP contribution >= 0.6 is 27.5 Å². The van der Waals surface area contributed by atoms with Crippen LogP contribution in [0.2, 0.25) is 5.02 Å². The third-order valence-corrected chi connectivity index (χ3v) is 4.17. The maximum absolute atomic E-state index is 6.16. The maximum Gasteiger partial charge on any atom is 0.0451 e. The summed E-state index contributed by atoms with van der Waals surface area (Å²) in [4.78, 5) is 2.35. The quantitative estimate of drug-likeness (QED) is 0.665. The molecule has 0 aliphatic rings. The fourth-order valence-corrected chi connectivity index (χ4v) is 2.77. The molecule has 1 aromatic rings. The molecule has 3 heteroatoms. The summed E-state index contributed by atoms with van der Waals surface area (Å²) in [5.74, 6) is 0.729. The van der Waals surface area contributed by atoms with Crippen LogP contribution in [0.4, 0.5) is 0 Å². The molecule has 0 amide bonds. The van der Waals surface area contributed by atoms with Gasteiger partial charge in [-0.25, -0.2) is 0 Å². The molecule has 1 nitrogen and oxygen atoms in total. The van der Waals surface area contributed by atoms with Crippen LogP contribution in [0.5, 0.6) is 0 Å². The van der Waals surface area contributed by atoms with Crippen molar-refractivity contribution in [2.45, 2.75) is 26.3 Å². The summed E-state index contributed by atoms with van der Waals surface area (Å²) in [5, 5.41) is 1.94. The lowest BCUT2D eigenvalue weighted by atomic mass is 10.1. The van der Waals surface area contributed by atoms with E-state index in [1.807, 2.05) is 18.2 Å². The lowest BCUT2D eigenvalue weighted by molar-refractivity contribution is 0.274. The molecule has 0 aliphatic heterocycles. The number of benzene rings is 1. The summed E-state index contributed by atoms with van der Waals surface area (Å²) in [5.41, 5.74) is 1.21. The van der Waals surface area contributed by atoms with E-state index >= 15 is 0 Å². The Balaban J connectivity index is 2.49. The second-order valence-corrected chi connectivity index (χ2v) is 5.65. The van der Waals surface area contributed by atoms with E-state index in [0.717, 1.165) is 29.4 Å². The van der Waals surface area contributed by atoms with Gasteiger partial charge in [0.15, 0.2) is 0 Å². The molecule has 1 unspecified atom stereocenters. The molecular formula is C14H21BrClN. The van der Waals surface area contributed by atoms with Gasteiger partial charge in [0.25, 0.3) is 0 Å². The Bertz CT molecular complexity index is 330. The topological polar surface area (TPSA) is 3.24 Å². The van der Waals surface area contributed by atoms with Gasteiger partial charge in [0.1, 0.15) is 0 Å². The van der Waals surface area contributed by atoms with Gasteiger partial charge in [-0.1, -0.05) is 59.1 Å². The zero-order valence-electron chi connectivity index (χ0n) is 10.6. The summed E-state index contributed by atoms with van der Waals surface area (Å²) >= 11 is 9.76. The van der Waals surface area contributed by atoms with E-state index in [1.165, 1.54) is 18.4 Å². The summed E-state index contributed by atoms with van der Waals surface area (Å²) < 4.78 is 0. The van der Waals surface area contributed by atoms with Gasteiger partial charge in [0.05, 0.1) is 0 Å². The summed E-state index contributed by atoms with van der Waals surface area (Å²) in [6, 6.07) is 8.08. The molecule has 0 aromatic heterocycles. The molecule has 0 fully saturated rings. The molecule has 0 N–H and O–H groups in total. The van der Waals surface area contributed by atoms with E-state index in [1.54, 1.807) is 0 Å². The zero-order valence-corrected chi connectivity index (χ0v) is 13.0. The fourth-order valence-electron chi connectivity index (χ4n) is 2.05. The van der Waals surface area contributed by atoms with Crippen molar-refractivity contribution < 1.29 is 0 Å². The minimum Gasteiger partial charge on any atom is -0.302 e. The standard InChI is InChI=1S/C14H21BrClN/c1-3-6-12(9-15)10-17(2)11-13-7-4-5-8-14(13)16/h4-5,7-8,12H,3,6,9-11H2,1-2H3. The number of rotatable bonds is 7. The molecule has 96 valence electrons. The van der Waals surface area contributed by atoms with Crippen molar-refractivity contribution in [3.63, 3.8) is 0 Å². The predicted octanol–water partition coefficient (Wildman–Crippen LogP) is 4.58. The van der Waals surface area contributed by atoms with Crippen LogP contribution < -0.4 is 0 Å². The third kappa shape index (κ3) is 5.41. The number of alkyl halides is 1. The largest absolute Gasteiger partial charge is 0.302 e. The van der Waals surface area contributed by atoms with Crippen molar-refractivity contribution in [1.29, 1.82) is 0 Å². The first-order valence-corrected chi connectivity index (χ1v) is 7.65. The second kappa shape index (κ2) is 8.12. The van der Waals surface area contributed by atoms with Crippen LogP contribution in [-0.4, -0.2) is 23.8 Å². The highest BCUT2D eigenvalue weighted by Crippen LogP contribution is 2.18. The van der Waals surface area contributed by atoms with Gasteiger partial charge in [-0.2, -0.15) is 0 Å². The Morgan fingerprint density at radius 3 is 2.65 bits per heavy atom.